The fourth-order valence-electron chi connectivity index (χ4n) is 2.58. The zero-order valence-electron chi connectivity index (χ0n) is 14.2. The molecule has 0 amide bonds. The van der Waals surface area contributed by atoms with Gasteiger partial charge in [0, 0.05) is 24.5 Å². The van der Waals surface area contributed by atoms with Crippen molar-refractivity contribution in [1.82, 2.24) is 19.5 Å². The Kier molecular flexibility index (Phi) is 5.03. The van der Waals surface area contributed by atoms with Crippen molar-refractivity contribution in [2.24, 2.45) is 0 Å². The molecule has 25 heavy (non-hydrogen) atoms. The zero-order chi connectivity index (χ0) is 17.6. The van der Waals surface area contributed by atoms with E-state index in [0.717, 1.165) is 23.2 Å². The third kappa shape index (κ3) is 3.65. The number of rotatable bonds is 6. The van der Waals surface area contributed by atoms with Crippen molar-refractivity contribution in [2.45, 2.75) is 26.8 Å². The monoisotopic (exact) mass is 336 g/mol. The van der Waals surface area contributed by atoms with Gasteiger partial charge in [-0.3, -0.25) is 20.4 Å². The van der Waals surface area contributed by atoms with Crippen LogP contribution in [0.2, 0.25) is 0 Å². The first-order valence-corrected chi connectivity index (χ1v) is 8.22. The molecule has 0 aliphatic heterocycles. The van der Waals surface area contributed by atoms with Gasteiger partial charge in [0.2, 0.25) is 5.95 Å². The molecule has 0 aliphatic carbocycles. The predicted molar refractivity (Wildman–Crippen MR) is 98.3 cm³/mol. The Morgan fingerprint density at radius 3 is 2.48 bits per heavy atom. The highest BCUT2D eigenvalue weighted by molar-refractivity contribution is 5.61. The van der Waals surface area contributed by atoms with E-state index in [1.54, 1.807) is 29.1 Å². The van der Waals surface area contributed by atoms with Gasteiger partial charge in [-0.25, -0.2) is 4.79 Å². The number of aryl methyl sites for hydroxylation is 1. The van der Waals surface area contributed by atoms with Gasteiger partial charge >= 0.3 is 5.69 Å². The molecule has 0 unspecified atom stereocenters. The zero-order valence-corrected chi connectivity index (χ0v) is 14.2. The first-order valence-electron chi connectivity index (χ1n) is 8.22. The average Bonchev–Trinajstić information content (AvgIpc) is 2.66. The predicted octanol–water partition coefficient (Wildman–Crippen LogP) is 2.72. The molecular formula is C18H20N6O. The summed E-state index contributed by atoms with van der Waals surface area (Å²) in [7, 11) is 0. The molecule has 0 saturated carbocycles. The highest BCUT2D eigenvalue weighted by Gasteiger charge is 2.13. The van der Waals surface area contributed by atoms with E-state index in [2.05, 4.69) is 32.7 Å². The average molecular weight is 336 g/mol. The number of nitrogens with zero attached hydrogens (tertiary/aromatic N) is 4. The van der Waals surface area contributed by atoms with Crippen LogP contribution in [-0.2, 0) is 13.0 Å². The molecule has 0 aliphatic rings. The van der Waals surface area contributed by atoms with Crippen LogP contribution in [0.15, 0.2) is 53.6 Å². The maximum atomic E-state index is 12.4. The van der Waals surface area contributed by atoms with Gasteiger partial charge in [-0.2, -0.15) is 9.97 Å². The SMILES string of the molecule is CCc1ccccc1-c1nc(NNc2ccncc2)nc(=O)n1CC. The van der Waals surface area contributed by atoms with E-state index in [0.29, 0.717) is 12.4 Å². The van der Waals surface area contributed by atoms with Crippen LogP contribution in [0.1, 0.15) is 19.4 Å². The van der Waals surface area contributed by atoms with Gasteiger partial charge in [-0.1, -0.05) is 31.2 Å². The molecule has 0 radical (unpaired) electrons. The van der Waals surface area contributed by atoms with Crippen LogP contribution in [0.25, 0.3) is 11.4 Å². The Bertz CT molecular complexity index is 907. The summed E-state index contributed by atoms with van der Waals surface area (Å²) in [5, 5.41) is 0. The summed E-state index contributed by atoms with van der Waals surface area (Å²) in [6.45, 7) is 4.49. The number of nitrogens with one attached hydrogen (secondary N) is 2. The summed E-state index contributed by atoms with van der Waals surface area (Å²) in [5.41, 5.74) is 8.40. The third-order valence-corrected chi connectivity index (χ3v) is 3.85. The minimum absolute atomic E-state index is 0.229. The Balaban J connectivity index is 1.99. The smallest absolute Gasteiger partial charge is 0.298 e. The number of pyridine rings is 1. The molecule has 2 aromatic heterocycles. The molecule has 0 saturated heterocycles. The van der Waals surface area contributed by atoms with Crippen LogP contribution in [-0.4, -0.2) is 19.5 Å². The van der Waals surface area contributed by atoms with Crippen molar-refractivity contribution < 1.29 is 0 Å². The minimum atomic E-state index is -0.336. The Morgan fingerprint density at radius 2 is 1.76 bits per heavy atom. The summed E-state index contributed by atoms with van der Waals surface area (Å²) in [5.74, 6) is 0.839. The number of anilines is 2. The van der Waals surface area contributed by atoms with Gasteiger partial charge in [-0.05, 0) is 31.0 Å². The van der Waals surface area contributed by atoms with Crippen LogP contribution in [0.4, 0.5) is 11.6 Å². The summed E-state index contributed by atoms with van der Waals surface area (Å²) < 4.78 is 1.58. The van der Waals surface area contributed by atoms with Crippen LogP contribution >= 0.6 is 0 Å². The van der Waals surface area contributed by atoms with Crippen LogP contribution < -0.4 is 16.5 Å². The Morgan fingerprint density at radius 1 is 1.00 bits per heavy atom. The third-order valence-electron chi connectivity index (χ3n) is 3.85. The standard InChI is InChI=1S/C18H20N6O/c1-3-13-7-5-6-8-15(13)16-20-17(21-18(25)24(16)4-2)23-22-14-9-11-19-12-10-14/h5-12H,3-4H2,1-2H3,(H,19,22)(H,21,23,25). The van der Waals surface area contributed by atoms with E-state index >= 15 is 0 Å². The highest BCUT2D eigenvalue weighted by Crippen LogP contribution is 2.22. The molecule has 0 spiro atoms. The first kappa shape index (κ1) is 16.6. The van der Waals surface area contributed by atoms with Crippen molar-refractivity contribution in [3.05, 3.63) is 64.8 Å². The van der Waals surface area contributed by atoms with E-state index in [-0.39, 0.29) is 11.6 Å². The molecule has 2 N–H and O–H groups in total. The van der Waals surface area contributed by atoms with Gasteiger partial charge in [0.1, 0.15) is 5.82 Å². The Labute approximate surface area is 145 Å². The van der Waals surface area contributed by atoms with Crippen molar-refractivity contribution in [3.63, 3.8) is 0 Å². The highest BCUT2D eigenvalue weighted by atomic mass is 16.1. The maximum Gasteiger partial charge on any atom is 0.352 e. The lowest BCUT2D eigenvalue weighted by Crippen LogP contribution is -2.28. The lowest BCUT2D eigenvalue weighted by Gasteiger charge is -2.14. The summed E-state index contributed by atoms with van der Waals surface area (Å²) in [6, 6.07) is 11.6. The number of benzene rings is 1. The van der Waals surface area contributed by atoms with Gasteiger partial charge in [0.25, 0.3) is 0 Å². The van der Waals surface area contributed by atoms with Gasteiger partial charge in [0.15, 0.2) is 0 Å². The maximum absolute atomic E-state index is 12.4. The van der Waals surface area contributed by atoms with Crippen molar-refractivity contribution in [3.8, 4) is 11.4 Å². The minimum Gasteiger partial charge on any atom is -0.298 e. The summed E-state index contributed by atoms with van der Waals surface area (Å²) in [4.78, 5) is 24.9. The number of hydrogen-bond acceptors (Lipinski definition) is 6. The second-order valence-electron chi connectivity index (χ2n) is 5.39. The quantitative estimate of drug-likeness (QED) is 0.673. The topological polar surface area (TPSA) is 84.7 Å². The molecule has 0 fully saturated rings. The van der Waals surface area contributed by atoms with E-state index in [9.17, 15) is 4.79 Å². The molecule has 1 aromatic carbocycles. The van der Waals surface area contributed by atoms with Crippen LogP contribution in [0.3, 0.4) is 0 Å². The van der Waals surface area contributed by atoms with Crippen molar-refractivity contribution in [2.75, 3.05) is 10.9 Å². The molecule has 0 atom stereocenters. The molecular weight excluding hydrogens is 316 g/mol. The fourth-order valence-corrected chi connectivity index (χ4v) is 2.58. The summed E-state index contributed by atoms with van der Waals surface area (Å²) in [6.07, 6.45) is 4.20. The molecule has 128 valence electrons. The van der Waals surface area contributed by atoms with Gasteiger partial charge in [0.05, 0.1) is 5.69 Å². The van der Waals surface area contributed by atoms with Crippen molar-refractivity contribution >= 4 is 11.6 Å². The summed E-state index contributed by atoms with van der Waals surface area (Å²) >= 11 is 0. The molecule has 3 aromatic rings. The largest absolute Gasteiger partial charge is 0.352 e. The molecule has 7 nitrogen and oxygen atoms in total. The van der Waals surface area contributed by atoms with Crippen molar-refractivity contribution in [1.29, 1.82) is 0 Å². The molecule has 0 bridgehead atoms. The van der Waals surface area contributed by atoms with Gasteiger partial charge in [-0.15, -0.1) is 0 Å². The molecule has 7 heteroatoms. The molecule has 3 rings (SSSR count). The number of aromatic nitrogens is 4. The van der Waals surface area contributed by atoms with Crippen LogP contribution in [0, 0.1) is 0 Å². The second-order valence-corrected chi connectivity index (χ2v) is 5.39. The van der Waals surface area contributed by atoms with E-state index in [1.807, 2.05) is 31.2 Å². The number of hydrogen-bond donors (Lipinski definition) is 2. The fraction of sp³-hybridized carbons (Fsp3) is 0.222. The molecule has 2 heterocycles. The second kappa shape index (κ2) is 7.57. The normalized spacial score (nSPS) is 10.5. The number of hydrazine groups is 1. The Hall–Kier alpha value is -3.22. The lowest BCUT2D eigenvalue weighted by molar-refractivity contribution is 0.687. The van der Waals surface area contributed by atoms with E-state index in [4.69, 9.17) is 0 Å². The van der Waals surface area contributed by atoms with Gasteiger partial charge < -0.3 is 0 Å². The van der Waals surface area contributed by atoms with E-state index in [1.165, 1.54) is 0 Å². The lowest BCUT2D eigenvalue weighted by atomic mass is 10.0. The first-order chi connectivity index (χ1) is 12.2. The van der Waals surface area contributed by atoms with Crippen LogP contribution in [0.5, 0.6) is 0 Å². The van der Waals surface area contributed by atoms with E-state index < -0.39 is 0 Å².